The maximum absolute atomic E-state index is 14.9. The molecule has 2 heterocycles. The third kappa shape index (κ3) is 8.24. The Morgan fingerprint density at radius 2 is 1.87 bits per heavy atom. The zero-order valence-corrected chi connectivity index (χ0v) is 29.6. The number of nitrogens with one attached hydrogen (secondary N) is 3. The number of carbonyl (C=O) groups is 2. The van der Waals surface area contributed by atoms with Gasteiger partial charge in [0.2, 0.25) is 5.91 Å². The molecule has 12 nitrogen and oxygen atoms in total. The summed E-state index contributed by atoms with van der Waals surface area (Å²) in [5, 5.41) is 27.5. The fourth-order valence-electron chi connectivity index (χ4n) is 6.22. The Balaban J connectivity index is 1.57. The molecule has 2 aromatic carbocycles. The molecule has 5 rings (SSSR count). The van der Waals surface area contributed by atoms with Crippen molar-refractivity contribution in [2.24, 2.45) is 15.5 Å². The highest BCUT2D eigenvalue weighted by molar-refractivity contribution is 6.34. The number of aromatic nitrogens is 3. The average Bonchev–Trinajstić information content (AvgIpc) is 3.73. The van der Waals surface area contributed by atoms with Gasteiger partial charge in [-0.15, -0.1) is 0 Å². The lowest BCUT2D eigenvalue weighted by Gasteiger charge is -2.35. The van der Waals surface area contributed by atoms with Gasteiger partial charge < -0.3 is 10.6 Å². The summed E-state index contributed by atoms with van der Waals surface area (Å²) in [5.41, 5.74) is -0.156. The van der Waals surface area contributed by atoms with E-state index in [4.69, 9.17) is 17.0 Å². The molecular formula is C34H38ClF5N10O2. The van der Waals surface area contributed by atoms with Crippen molar-refractivity contribution in [3.63, 3.8) is 0 Å². The summed E-state index contributed by atoms with van der Waals surface area (Å²) in [6.07, 6.45) is -5.85. The van der Waals surface area contributed by atoms with Crippen LogP contribution in [-0.2, 0) is 15.1 Å². The smallest absolute Gasteiger partial charge is 0.353 e. The standard InChI is InChI=1S/C34H38ClF5N10O2/c1-32(2,3)18-33(21-9-6-19(7-10-21)24-16-45-50(47-24)22-11-12-22)30(52)48(31(41)46-33)26(17-44-27(51)15-34(38,39)40)20-8-13-23(35)25(14-20)49(43-5)29(42-4)28(36)37/h6-10,13-14,16,22,26,28H,5,11-12,15,17-18H2,1-4H3,(H2,41,46)(H,44,51)/b42-29-/t26-,33-/m1/s1. The second kappa shape index (κ2) is 14.6. The van der Waals surface area contributed by atoms with Gasteiger partial charge in [-0.3, -0.25) is 24.9 Å². The van der Waals surface area contributed by atoms with E-state index >= 15 is 0 Å². The van der Waals surface area contributed by atoms with Crippen molar-refractivity contribution in [2.75, 3.05) is 18.6 Å². The van der Waals surface area contributed by atoms with E-state index in [1.165, 1.54) is 18.2 Å². The number of aliphatic imine (C=N–C) groups is 1. The lowest BCUT2D eigenvalue weighted by molar-refractivity contribution is -0.154. The van der Waals surface area contributed by atoms with Gasteiger partial charge in [0.25, 0.3) is 12.3 Å². The molecule has 2 aliphatic rings. The fraction of sp³-hybridized carbons (Fsp3) is 0.441. The number of amides is 2. The highest BCUT2D eigenvalue weighted by atomic mass is 35.5. The van der Waals surface area contributed by atoms with Crippen LogP contribution >= 0.6 is 11.6 Å². The Morgan fingerprint density at radius 3 is 2.42 bits per heavy atom. The van der Waals surface area contributed by atoms with Crippen LogP contribution in [0.3, 0.4) is 0 Å². The number of rotatable bonds is 12. The summed E-state index contributed by atoms with van der Waals surface area (Å²) in [7, 11) is 1.12. The number of hydrogen-bond acceptors (Lipinski definition) is 7. The Kier molecular flexibility index (Phi) is 10.8. The highest BCUT2D eigenvalue weighted by Crippen LogP contribution is 2.43. The predicted octanol–water partition coefficient (Wildman–Crippen LogP) is 6.46. The molecule has 0 bridgehead atoms. The van der Waals surface area contributed by atoms with Gasteiger partial charge in [-0.1, -0.05) is 62.7 Å². The number of amidine groups is 1. The maximum atomic E-state index is 14.9. The Bertz CT molecular complexity index is 1870. The number of alkyl halides is 5. The largest absolute Gasteiger partial charge is 0.397 e. The first-order chi connectivity index (χ1) is 24.4. The van der Waals surface area contributed by atoms with Crippen molar-refractivity contribution in [3.8, 4) is 11.3 Å². The van der Waals surface area contributed by atoms with Crippen molar-refractivity contribution in [3.05, 3.63) is 64.8 Å². The minimum absolute atomic E-state index is 0.0712. The first-order valence-electron chi connectivity index (χ1n) is 16.2. The fourth-order valence-corrected chi connectivity index (χ4v) is 6.42. The van der Waals surface area contributed by atoms with E-state index in [9.17, 15) is 31.5 Å². The quantitative estimate of drug-likeness (QED) is 0.0840. The van der Waals surface area contributed by atoms with Gasteiger partial charge in [0, 0.05) is 25.9 Å². The molecule has 1 aliphatic carbocycles. The van der Waals surface area contributed by atoms with Crippen LogP contribution in [0.1, 0.15) is 69.7 Å². The average molecular weight is 749 g/mol. The molecule has 3 N–H and O–H groups in total. The number of halogens is 6. The predicted molar refractivity (Wildman–Crippen MR) is 186 cm³/mol. The van der Waals surface area contributed by atoms with Gasteiger partial charge in [-0.25, -0.2) is 13.8 Å². The molecule has 18 heteroatoms. The summed E-state index contributed by atoms with van der Waals surface area (Å²) >= 11 is 6.40. The summed E-state index contributed by atoms with van der Waals surface area (Å²) in [6.45, 7) is 8.49. The lowest BCUT2D eigenvalue weighted by atomic mass is 9.75. The van der Waals surface area contributed by atoms with Crippen molar-refractivity contribution in [1.29, 1.82) is 5.41 Å². The lowest BCUT2D eigenvalue weighted by Crippen LogP contribution is -2.47. The van der Waals surface area contributed by atoms with E-state index in [-0.39, 0.29) is 28.7 Å². The number of benzene rings is 2. The first kappa shape index (κ1) is 38.3. The van der Waals surface area contributed by atoms with E-state index in [1.54, 1.807) is 35.3 Å². The third-order valence-corrected chi connectivity index (χ3v) is 8.86. The minimum atomic E-state index is -4.81. The van der Waals surface area contributed by atoms with Crippen LogP contribution < -0.4 is 15.6 Å². The molecule has 2 amide bonds. The molecule has 2 atom stereocenters. The van der Waals surface area contributed by atoms with Crippen LogP contribution in [0.25, 0.3) is 11.3 Å². The molecule has 0 radical (unpaired) electrons. The maximum Gasteiger partial charge on any atom is 0.397 e. The SMILES string of the molecule is C=NN(/C(=N\C)C(F)F)c1cc([C@@H](CNC(=O)CC(F)(F)F)N2C(=N)N[C@](CC(C)(C)C)(c3ccc(-c4cnn(C5CC5)n4)cc3)C2=O)ccc1Cl. The molecule has 0 spiro atoms. The molecule has 52 heavy (non-hydrogen) atoms. The number of hydrogen-bond donors (Lipinski definition) is 3. The van der Waals surface area contributed by atoms with Gasteiger partial charge in [-0.2, -0.15) is 33.3 Å². The molecule has 2 fully saturated rings. The molecule has 3 aromatic rings. The number of nitrogens with zero attached hydrogens (tertiary/aromatic N) is 7. The van der Waals surface area contributed by atoms with Crippen molar-refractivity contribution >= 4 is 47.6 Å². The second-order valence-electron chi connectivity index (χ2n) is 13.8. The van der Waals surface area contributed by atoms with Crippen LogP contribution in [0, 0.1) is 10.8 Å². The highest BCUT2D eigenvalue weighted by Gasteiger charge is 2.54. The Hall–Kier alpha value is -4.93. The molecule has 0 unspecified atom stereocenters. The van der Waals surface area contributed by atoms with Crippen LogP contribution in [0.5, 0.6) is 0 Å². The molecule has 1 saturated carbocycles. The van der Waals surface area contributed by atoms with Crippen molar-refractivity contribution in [2.45, 2.75) is 76.7 Å². The van der Waals surface area contributed by atoms with E-state index in [0.29, 0.717) is 16.3 Å². The topological polar surface area (TPSA) is 144 Å². The van der Waals surface area contributed by atoms with E-state index in [2.05, 4.69) is 37.6 Å². The zero-order valence-electron chi connectivity index (χ0n) is 28.8. The number of anilines is 1. The van der Waals surface area contributed by atoms with Crippen molar-refractivity contribution in [1.82, 2.24) is 30.5 Å². The van der Waals surface area contributed by atoms with Gasteiger partial charge >= 0.3 is 6.18 Å². The first-order valence-corrected chi connectivity index (χ1v) is 16.6. The molecule has 1 saturated heterocycles. The molecular weight excluding hydrogens is 711 g/mol. The van der Waals surface area contributed by atoms with Gasteiger partial charge in [0.15, 0.2) is 11.8 Å². The van der Waals surface area contributed by atoms with Crippen LogP contribution in [0.15, 0.2) is 58.8 Å². The summed E-state index contributed by atoms with van der Waals surface area (Å²) in [5.74, 6) is -3.22. The Morgan fingerprint density at radius 1 is 1.19 bits per heavy atom. The number of carbonyl (C=O) groups excluding carboxylic acids is 2. The zero-order chi connectivity index (χ0) is 38.2. The van der Waals surface area contributed by atoms with Gasteiger partial charge in [0.1, 0.15) is 17.7 Å². The normalized spacial score (nSPS) is 18.8. The Labute approximate surface area is 301 Å². The molecule has 1 aromatic heterocycles. The third-order valence-electron chi connectivity index (χ3n) is 8.54. The monoisotopic (exact) mass is 748 g/mol. The molecule has 1 aliphatic heterocycles. The van der Waals surface area contributed by atoms with Crippen LogP contribution in [0.4, 0.5) is 27.6 Å². The summed E-state index contributed by atoms with van der Waals surface area (Å²) in [4.78, 5) is 33.6. The van der Waals surface area contributed by atoms with Gasteiger partial charge in [0.05, 0.1) is 29.0 Å². The summed E-state index contributed by atoms with van der Waals surface area (Å²) in [6, 6.07) is 10.0. The van der Waals surface area contributed by atoms with E-state index in [0.717, 1.165) is 30.4 Å². The van der Waals surface area contributed by atoms with Gasteiger partial charge in [-0.05, 0) is 47.9 Å². The minimum Gasteiger partial charge on any atom is -0.353 e. The van der Waals surface area contributed by atoms with E-state index < -0.39 is 66.2 Å². The van der Waals surface area contributed by atoms with Crippen LogP contribution in [0.2, 0.25) is 5.02 Å². The number of hydrazone groups is 1. The van der Waals surface area contributed by atoms with Crippen molar-refractivity contribution < 1.29 is 31.5 Å². The summed E-state index contributed by atoms with van der Waals surface area (Å²) < 4.78 is 67.2. The molecule has 278 valence electrons. The second-order valence-corrected chi connectivity index (χ2v) is 14.2. The van der Waals surface area contributed by atoms with Crippen LogP contribution in [-0.4, -0.2) is 76.4 Å². The van der Waals surface area contributed by atoms with E-state index in [1.807, 2.05) is 20.8 Å². The number of guanidine groups is 1.